The van der Waals surface area contributed by atoms with Crippen LogP contribution < -0.4 is 0 Å². The topological polar surface area (TPSA) is 108 Å². The number of carboxylic acids is 1. The van der Waals surface area contributed by atoms with Gasteiger partial charge in [0.05, 0.1) is 34.4 Å². The van der Waals surface area contributed by atoms with Crippen LogP contribution in [0.2, 0.25) is 0 Å². The molecule has 0 heterocycles. The van der Waals surface area contributed by atoms with Gasteiger partial charge in [0.2, 0.25) is 0 Å². The van der Waals surface area contributed by atoms with E-state index in [9.17, 15) is 19.5 Å². The minimum absolute atomic E-state index is 0.184. The van der Waals surface area contributed by atoms with Crippen molar-refractivity contribution in [2.24, 2.45) is 0 Å². The molecule has 2 unspecified atom stereocenters. The molecule has 9 nitrogen and oxygen atoms in total. The number of quaternary nitrogens is 1. The molecule has 59 heavy (non-hydrogen) atoms. The van der Waals surface area contributed by atoms with Gasteiger partial charge in [-0.05, 0) is 51.4 Å². The van der Waals surface area contributed by atoms with Gasteiger partial charge in [-0.3, -0.25) is 9.59 Å². The molecule has 342 valence electrons. The van der Waals surface area contributed by atoms with Gasteiger partial charge in [0.15, 0.2) is 6.10 Å². The van der Waals surface area contributed by atoms with E-state index in [2.05, 4.69) is 62.5 Å². The van der Waals surface area contributed by atoms with E-state index in [0.29, 0.717) is 23.9 Å². The minimum Gasteiger partial charge on any atom is -0.477 e. The molecule has 0 aromatic rings. The summed E-state index contributed by atoms with van der Waals surface area (Å²) in [5.74, 6) is -2.01. The van der Waals surface area contributed by atoms with Crippen molar-refractivity contribution in [3.05, 3.63) is 48.6 Å². The van der Waals surface area contributed by atoms with Gasteiger partial charge < -0.3 is 28.5 Å². The highest BCUT2D eigenvalue weighted by molar-refractivity contribution is 5.71. The monoisotopic (exact) mass is 833 g/mol. The zero-order chi connectivity index (χ0) is 43.5. The Hall–Kier alpha value is -2.75. The molecular formula is C50H90NO8+. The SMILES string of the molecule is CC/C=C\C/C=C\C/C=C\C/C=C\CCCCCCCCCCC(=O)OC(COC(=O)CCCCCCCCCCCCCCC)COC(OCC[N+](C)(C)C)C(=O)O. The van der Waals surface area contributed by atoms with Crippen LogP contribution in [0.3, 0.4) is 0 Å². The lowest BCUT2D eigenvalue weighted by Crippen LogP contribution is -2.40. The van der Waals surface area contributed by atoms with Crippen molar-refractivity contribution in [3.8, 4) is 0 Å². The Morgan fingerprint density at radius 2 is 0.966 bits per heavy atom. The van der Waals surface area contributed by atoms with E-state index in [4.69, 9.17) is 18.9 Å². The Morgan fingerprint density at radius 1 is 0.525 bits per heavy atom. The standard InChI is InChI=1S/C50H89NO8/c1-6-8-10-12-14-16-18-20-21-22-23-24-25-26-27-29-31-33-35-37-39-41-48(53)59-46(45-58-50(49(54)55)56-43-42-51(3,4)5)44-57-47(52)40-38-36-34-32-30-28-19-17-15-13-11-9-7-2/h8,10,14,16,20-21,23-24,46,50H,6-7,9,11-13,15,17-19,22,25-45H2,1-5H3/p+1/b10-8-,16-14-,21-20-,24-23-. The number of carboxylic acid groups (broad SMARTS) is 1. The van der Waals surface area contributed by atoms with Crippen LogP contribution in [0.5, 0.6) is 0 Å². The maximum Gasteiger partial charge on any atom is 0.361 e. The molecule has 0 rings (SSSR count). The van der Waals surface area contributed by atoms with Crippen LogP contribution >= 0.6 is 0 Å². The van der Waals surface area contributed by atoms with Crippen molar-refractivity contribution in [2.45, 2.75) is 206 Å². The Kier molecular flexibility index (Phi) is 40.0. The predicted molar refractivity (Wildman–Crippen MR) is 244 cm³/mol. The van der Waals surface area contributed by atoms with Crippen LogP contribution in [0, 0.1) is 0 Å². The first-order valence-electron chi connectivity index (χ1n) is 23.8. The largest absolute Gasteiger partial charge is 0.477 e. The van der Waals surface area contributed by atoms with Gasteiger partial charge in [0.25, 0.3) is 6.29 Å². The number of rotatable bonds is 43. The fourth-order valence-corrected chi connectivity index (χ4v) is 6.41. The number of carbonyl (C=O) groups is 3. The number of esters is 2. The lowest BCUT2D eigenvalue weighted by molar-refractivity contribution is -0.870. The first kappa shape index (κ1) is 56.2. The molecule has 0 saturated heterocycles. The molecule has 0 amide bonds. The molecule has 9 heteroatoms. The zero-order valence-corrected chi connectivity index (χ0v) is 38.7. The number of allylic oxidation sites excluding steroid dienone is 8. The van der Waals surface area contributed by atoms with Gasteiger partial charge in [0, 0.05) is 12.8 Å². The quantitative estimate of drug-likeness (QED) is 0.0213. The van der Waals surface area contributed by atoms with E-state index in [1.165, 1.54) is 89.9 Å². The molecule has 0 aliphatic rings. The highest BCUT2D eigenvalue weighted by atomic mass is 16.7. The lowest BCUT2D eigenvalue weighted by atomic mass is 10.0. The van der Waals surface area contributed by atoms with Crippen LogP contribution in [-0.4, -0.2) is 87.4 Å². The summed E-state index contributed by atoms with van der Waals surface area (Å²) >= 11 is 0. The van der Waals surface area contributed by atoms with E-state index in [1.807, 2.05) is 21.1 Å². The van der Waals surface area contributed by atoms with Gasteiger partial charge in [0.1, 0.15) is 13.2 Å². The van der Waals surface area contributed by atoms with E-state index in [0.717, 1.165) is 70.6 Å². The van der Waals surface area contributed by atoms with E-state index in [-0.39, 0.29) is 32.2 Å². The van der Waals surface area contributed by atoms with Crippen LogP contribution in [-0.2, 0) is 33.3 Å². The van der Waals surface area contributed by atoms with Gasteiger partial charge in [-0.15, -0.1) is 0 Å². The molecule has 0 fully saturated rings. The van der Waals surface area contributed by atoms with E-state index >= 15 is 0 Å². The summed E-state index contributed by atoms with van der Waals surface area (Å²) in [4.78, 5) is 37.2. The third-order valence-corrected chi connectivity index (χ3v) is 10.1. The third kappa shape index (κ3) is 43.2. The van der Waals surface area contributed by atoms with Gasteiger partial charge in [-0.25, -0.2) is 4.79 Å². The number of unbranched alkanes of at least 4 members (excludes halogenated alkanes) is 20. The highest BCUT2D eigenvalue weighted by Gasteiger charge is 2.25. The van der Waals surface area contributed by atoms with Crippen molar-refractivity contribution >= 4 is 17.9 Å². The summed E-state index contributed by atoms with van der Waals surface area (Å²) in [6, 6.07) is 0. The Balaban J connectivity index is 4.38. The van der Waals surface area contributed by atoms with E-state index in [1.54, 1.807) is 0 Å². The van der Waals surface area contributed by atoms with Gasteiger partial charge >= 0.3 is 17.9 Å². The molecule has 0 spiro atoms. The van der Waals surface area contributed by atoms with Crippen molar-refractivity contribution in [1.29, 1.82) is 0 Å². The average Bonchev–Trinajstić information content (AvgIpc) is 3.19. The van der Waals surface area contributed by atoms with Crippen LogP contribution in [0.1, 0.15) is 194 Å². The second-order valence-electron chi connectivity index (χ2n) is 17.0. The summed E-state index contributed by atoms with van der Waals surface area (Å²) in [6.45, 7) is 4.75. The maximum absolute atomic E-state index is 12.8. The summed E-state index contributed by atoms with van der Waals surface area (Å²) in [6.07, 6.45) is 45.9. The second kappa shape index (κ2) is 42.0. The first-order valence-corrected chi connectivity index (χ1v) is 23.8. The summed E-state index contributed by atoms with van der Waals surface area (Å²) < 4.78 is 22.8. The molecule has 0 aromatic carbocycles. The Morgan fingerprint density at radius 3 is 1.44 bits per heavy atom. The Bertz CT molecular complexity index is 1110. The number of aliphatic carboxylic acids is 1. The molecule has 0 aliphatic carbocycles. The van der Waals surface area contributed by atoms with Crippen LogP contribution in [0.4, 0.5) is 0 Å². The highest BCUT2D eigenvalue weighted by Crippen LogP contribution is 2.15. The molecule has 1 N–H and O–H groups in total. The Labute approximate surface area is 362 Å². The number of carbonyl (C=O) groups excluding carboxylic acids is 2. The summed E-state index contributed by atoms with van der Waals surface area (Å²) in [5, 5.41) is 9.64. The van der Waals surface area contributed by atoms with Gasteiger partial charge in [-0.2, -0.15) is 0 Å². The van der Waals surface area contributed by atoms with Crippen molar-refractivity contribution in [1.82, 2.24) is 0 Å². The molecular weight excluding hydrogens is 743 g/mol. The number of nitrogens with zero attached hydrogens (tertiary/aromatic N) is 1. The third-order valence-electron chi connectivity index (χ3n) is 10.1. The number of hydrogen-bond acceptors (Lipinski definition) is 7. The molecule has 0 radical (unpaired) electrons. The molecule has 0 saturated carbocycles. The fraction of sp³-hybridized carbons (Fsp3) is 0.780. The minimum atomic E-state index is -1.51. The predicted octanol–water partition coefficient (Wildman–Crippen LogP) is 12.8. The van der Waals surface area contributed by atoms with Crippen LogP contribution in [0.25, 0.3) is 0 Å². The van der Waals surface area contributed by atoms with Gasteiger partial charge in [-0.1, -0.05) is 178 Å². The zero-order valence-electron chi connectivity index (χ0n) is 38.7. The molecule has 0 aromatic heterocycles. The second-order valence-corrected chi connectivity index (χ2v) is 17.0. The van der Waals surface area contributed by atoms with Crippen LogP contribution in [0.15, 0.2) is 48.6 Å². The molecule has 2 atom stereocenters. The number of likely N-dealkylation sites (N-methyl/N-ethyl adjacent to an activating group) is 1. The van der Waals surface area contributed by atoms with Crippen molar-refractivity contribution in [3.63, 3.8) is 0 Å². The maximum atomic E-state index is 12.8. The fourth-order valence-electron chi connectivity index (χ4n) is 6.41. The first-order chi connectivity index (χ1) is 28.6. The number of ether oxygens (including phenoxy) is 4. The average molecular weight is 833 g/mol. The summed E-state index contributed by atoms with van der Waals surface area (Å²) in [7, 11) is 5.95. The summed E-state index contributed by atoms with van der Waals surface area (Å²) in [5.41, 5.74) is 0. The van der Waals surface area contributed by atoms with E-state index < -0.39 is 24.3 Å². The number of hydrogen-bond donors (Lipinski definition) is 1. The lowest BCUT2D eigenvalue weighted by Gasteiger charge is -2.25. The smallest absolute Gasteiger partial charge is 0.361 e. The van der Waals surface area contributed by atoms with Crippen molar-refractivity contribution in [2.75, 3.05) is 47.5 Å². The normalized spacial score (nSPS) is 13.3. The molecule has 0 bridgehead atoms. The van der Waals surface area contributed by atoms with Crippen molar-refractivity contribution < 1.29 is 42.9 Å². The molecule has 0 aliphatic heterocycles.